The maximum Gasteiger partial charge on any atom is 0.252 e. The zero-order valence-electron chi connectivity index (χ0n) is 21.9. The van der Waals surface area contributed by atoms with Crippen LogP contribution in [-0.4, -0.2) is 30.1 Å². The van der Waals surface area contributed by atoms with Crippen LogP contribution in [-0.2, 0) is 13.1 Å². The molecule has 1 unspecified atom stereocenters. The molecule has 2 aromatic carbocycles. The zero-order valence-corrected chi connectivity index (χ0v) is 21.9. The topological polar surface area (TPSA) is 79.7 Å². The number of tetrazole rings is 1. The van der Waals surface area contributed by atoms with Gasteiger partial charge in [0.05, 0.1) is 17.6 Å². The number of hydrogen-bond donors (Lipinski definition) is 1. The van der Waals surface area contributed by atoms with Crippen LogP contribution in [0.15, 0.2) is 47.3 Å². The van der Waals surface area contributed by atoms with Gasteiger partial charge in [0.25, 0.3) is 5.56 Å². The molecule has 2 aromatic heterocycles. The molecule has 1 N–H and O–H groups in total. The van der Waals surface area contributed by atoms with Crippen LogP contribution in [0.5, 0.6) is 0 Å². The van der Waals surface area contributed by atoms with E-state index in [2.05, 4.69) is 44.5 Å². The van der Waals surface area contributed by atoms with Gasteiger partial charge < -0.3 is 4.98 Å². The van der Waals surface area contributed by atoms with Crippen molar-refractivity contribution in [3.63, 3.8) is 0 Å². The van der Waals surface area contributed by atoms with Gasteiger partial charge in [0.2, 0.25) is 0 Å². The van der Waals surface area contributed by atoms with Gasteiger partial charge in [-0.25, -0.2) is 9.07 Å². The number of H-pyrrole nitrogens is 1. The number of nitrogens with zero attached hydrogens (tertiary/aromatic N) is 5. The molecule has 194 valence electrons. The van der Waals surface area contributed by atoms with Gasteiger partial charge in [-0.1, -0.05) is 50.5 Å². The van der Waals surface area contributed by atoms with Gasteiger partial charge in [0.15, 0.2) is 5.82 Å². The predicted octanol–water partition coefficient (Wildman–Crippen LogP) is 5.93. The number of fused-ring (bicyclic) bond motifs is 1. The van der Waals surface area contributed by atoms with Crippen LogP contribution in [0.25, 0.3) is 10.9 Å². The Labute approximate surface area is 216 Å². The molecule has 7 nitrogen and oxygen atoms in total. The maximum absolute atomic E-state index is 13.7. The Bertz CT molecular complexity index is 1420. The second-order valence-corrected chi connectivity index (χ2v) is 10.3. The Morgan fingerprint density at radius 3 is 2.57 bits per heavy atom. The van der Waals surface area contributed by atoms with Crippen molar-refractivity contribution in [2.45, 2.75) is 84.5 Å². The second-order valence-electron chi connectivity index (χ2n) is 10.3. The molecule has 37 heavy (non-hydrogen) atoms. The first kappa shape index (κ1) is 25.3. The summed E-state index contributed by atoms with van der Waals surface area (Å²) in [6, 6.07) is 12.9. The molecule has 2 heterocycles. The number of aromatic nitrogens is 5. The van der Waals surface area contributed by atoms with Crippen molar-refractivity contribution in [3.05, 3.63) is 86.7 Å². The van der Waals surface area contributed by atoms with Crippen molar-refractivity contribution >= 4 is 10.9 Å². The van der Waals surface area contributed by atoms with Gasteiger partial charge in [0.1, 0.15) is 5.82 Å². The van der Waals surface area contributed by atoms with Crippen LogP contribution < -0.4 is 5.56 Å². The van der Waals surface area contributed by atoms with Gasteiger partial charge >= 0.3 is 0 Å². The summed E-state index contributed by atoms with van der Waals surface area (Å²) in [5.41, 5.74) is 4.68. The van der Waals surface area contributed by atoms with Crippen LogP contribution in [0.2, 0.25) is 0 Å². The van der Waals surface area contributed by atoms with Crippen LogP contribution in [0, 0.1) is 19.7 Å². The number of halogens is 1. The highest BCUT2D eigenvalue weighted by Gasteiger charge is 2.29. The van der Waals surface area contributed by atoms with Gasteiger partial charge in [-0.05, 0) is 83.8 Å². The van der Waals surface area contributed by atoms with Crippen molar-refractivity contribution < 1.29 is 4.39 Å². The fraction of sp³-hybridized carbons (Fsp3) is 0.448. The second kappa shape index (κ2) is 10.9. The fourth-order valence-corrected chi connectivity index (χ4v) is 5.62. The van der Waals surface area contributed by atoms with E-state index in [4.69, 9.17) is 0 Å². The average Bonchev–Trinajstić information content (AvgIpc) is 3.39. The monoisotopic (exact) mass is 502 g/mol. The molecule has 0 saturated heterocycles. The smallest absolute Gasteiger partial charge is 0.252 e. The van der Waals surface area contributed by atoms with E-state index in [1.165, 1.54) is 31.4 Å². The van der Waals surface area contributed by atoms with E-state index < -0.39 is 0 Å². The molecule has 1 saturated carbocycles. The van der Waals surface area contributed by atoms with Crippen molar-refractivity contribution in [1.29, 1.82) is 0 Å². The minimum Gasteiger partial charge on any atom is -0.321 e. The molecule has 5 rings (SSSR count). The largest absolute Gasteiger partial charge is 0.321 e. The van der Waals surface area contributed by atoms with Gasteiger partial charge in [-0.3, -0.25) is 9.69 Å². The number of pyridine rings is 1. The standard InChI is InChI=1S/C29H35FN6O/c1-4-26(28-32-33-34-36(28)25-8-6-5-7-9-25)35(17-21-11-14-24(30)15-12-21)18-23-16-22-13-10-19(2)20(3)27(22)31-29(23)37/h10-16,25-26H,4-9,17-18H2,1-3H3,(H,31,37). The number of aryl methyl sites for hydroxylation is 2. The van der Waals surface area contributed by atoms with E-state index in [0.717, 1.165) is 52.7 Å². The first-order valence-corrected chi connectivity index (χ1v) is 13.3. The molecule has 1 aliphatic rings. The lowest BCUT2D eigenvalue weighted by molar-refractivity contribution is 0.155. The summed E-state index contributed by atoms with van der Waals surface area (Å²) >= 11 is 0. The Hall–Kier alpha value is -3.39. The molecule has 4 aromatic rings. The van der Waals surface area contributed by atoms with E-state index >= 15 is 0 Å². The highest BCUT2D eigenvalue weighted by molar-refractivity contribution is 5.83. The lowest BCUT2D eigenvalue weighted by Crippen LogP contribution is -2.33. The summed E-state index contributed by atoms with van der Waals surface area (Å²) in [6.07, 6.45) is 6.56. The summed E-state index contributed by atoms with van der Waals surface area (Å²) in [7, 11) is 0. The third-order valence-electron chi connectivity index (χ3n) is 7.86. The van der Waals surface area contributed by atoms with E-state index in [1.54, 1.807) is 12.1 Å². The van der Waals surface area contributed by atoms with Crippen LogP contribution >= 0.6 is 0 Å². The first-order chi connectivity index (χ1) is 17.9. The molecule has 0 spiro atoms. The lowest BCUT2D eigenvalue weighted by atomic mass is 9.95. The van der Waals surface area contributed by atoms with E-state index in [0.29, 0.717) is 24.7 Å². The molecule has 0 bridgehead atoms. The Morgan fingerprint density at radius 1 is 1.08 bits per heavy atom. The molecule has 1 fully saturated rings. The summed E-state index contributed by atoms with van der Waals surface area (Å²) in [6.45, 7) is 7.17. The molecule has 0 amide bonds. The zero-order chi connectivity index (χ0) is 25.9. The van der Waals surface area contributed by atoms with Crippen LogP contribution in [0.1, 0.15) is 85.6 Å². The summed E-state index contributed by atoms with van der Waals surface area (Å²) in [4.78, 5) is 18.6. The molecule has 1 aliphatic carbocycles. The van der Waals surface area contributed by atoms with Crippen molar-refractivity contribution in [1.82, 2.24) is 30.1 Å². The van der Waals surface area contributed by atoms with Gasteiger partial charge in [0, 0.05) is 18.7 Å². The number of rotatable bonds is 8. The Balaban J connectivity index is 1.53. The summed E-state index contributed by atoms with van der Waals surface area (Å²) in [5.74, 6) is 0.570. The SMILES string of the molecule is CCC(c1nnnn1C1CCCCC1)N(Cc1ccc(F)cc1)Cc1cc2ccc(C)c(C)c2[nH]c1=O. The molecule has 8 heteroatoms. The van der Waals surface area contributed by atoms with Crippen molar-refractivity contribution in [3.8, 4) is 0 Å². The summed E-state index contributed by atoms with van der Waals surface area (Å²) < 4.78 is 15.7. The molecule has 1 atom stereocenters. The minimum absolute atomic E-state index is 0.0907. The fourth-order valence-electron chi connectivity index (χ4n) is 5.62. The lowest BCUT2D eigenvalue weighted by Gasteiger charge is -2.32. The minimum atomic E-state index is -0.264. The van der Waals surface area contributed by atoms with Crippen LogP contribution in [0.3, 0.4) is 0 Å². The van der Waals surface area contributed by atoms with E-state index in [1.807, 2.05) is 24.6 Å². The Kier molecular flexibility index (Phi) is 7.46. The Morgan fingerprint density at radius 2 is 1.84 bits per heavy atom. The third kappa shape index (κ3) is 5.34. The highest BCUT2D eigenvalue weighted by Crippen LogP contribution is 2.33. The third-order valence-corrected chi connectivity index (χ3v) is 7.86. The summed E-state index contributed by atoms with van der Waals surface area (Å²) in [5, 5.41) is 14.0. The van der Waals surface area contributed by atoms with E-state index in [-0.39, 0.29) is 17.4 Å². The molecule has 0 radical (unpaired) electrons. The number of benzene rings is 2. The van der Waals surface area contributed by atoms with Crippen molar-refractivity contribution in [2.75, 3.05) is 0 Å². The quantitative estimate of drug-likeness (QED) is 0.323. The van der Waals surface area contributed by atoms with Crippen LogP contribution in [0.4, 0.5) is 4.39 Å². The molecular weight excluding hydrogens is 467 g/mol. The van der Waals surface area contributed by atoms with Crippen molar-refractivity contribution in [2.24, 2.45) is 0 Å². The maximum atomic E-state index is 13.7. The van der Waals surface area contributed by atoms with Gasteiger partial charge in [-0.15, -0.1) is 5.10 Å². The molecular formula is C29H35FN6O. The number of aromatic amines is 1. The average molecular weight is 503 g/mol. The van der Waals surface area contributed by atoms with Gasteiger partial charge in [-0.2, -0.15) is 0 Å². The normalized spacial score (nSPS) is 15.5. The first-order valence-electron chi connectivity index (χ1n) is 13.3. The van der Waals surface area contributed by atoms with E-state index in [9.17, 15) is 9.18 Å². The number of hydrogen-bond acceptors (Lipinski definition) is 5. The highest BCUT2D eigenvalue weighted by atomic mass is 19.1. The predicted molar refractivity (Wildman–Crippen MR) is 143 cm³/mol. The molecule has 0 aliphatic heterocycles. The number of nitrogens with one attached hydrogen (secondary N) is 1.